The van der Waals surface area contributed by atoms with E-state index in [0.717, 1.165) is 0 Å². The Morgan fingerprint density at radius 1 is 1.44 bits per heavy atom. The molecular weight excluding hydrogens is 256 g/mol. The number of phenolic OH excluding ortho intramolecular Hbond substituents is 1. The Bertz CT molecular complexity index is 500. The molecule has 102 valence electrons. The van der Waals surface area contributed by atoms with Gasteiger partial charge >= 0.3 is 0 Å². The lowest BCUT2D eigenvalue weighted by molar-refractivity contribution is 0.182. The fraction of sp³-hybridized carbons (Fsp3) is 0.455. The van der Waals surface area contributed by atoms with Crippen molar-refractivity contribution in [2.45, 2.75) is 30.8 Å². The molecule has 0 radical (unpaired) electrons. The highest BCUT2D eigenvalue weighted by Gasteiger charge is 2.14. The summed E-state index contributed by atoms with van der Waals surface area (Å²) in [6, 6.07) is 3.72. The number of nitrogen functional groups attached to an aromatic ring is 1. The van der Waals surface area contributed by atoms with E-state index in [4.69, 9.17) is 10.8 Å². The molecule has 1 unspecified atom stereocenters. The zero-order chi connectivity index (χ0) is 13.8. The molecule has 0 aliphatic heterocycles. The molecule has 0 aromatic heterocycles. The van der Waals surface area contributed by atoms with Gasteiger partial charge in [0.25, 0.3) is 0 Å². The lowest BCUT2D eigenvalue weighted by atomic mass is 10.2. The molecule has 0 bridgehead atoms. The van der Waals surface area contributed by atoms with Crippen molar-refractivity contribution in [3.63, 3.8) is 0 Å². The fourth-order valence-electron chi connectivity index (χ4n) is 1.39. The topological polar surface area (TPSA) is 113 Å². The Morgan fingerprint density at radius 2 is 2.11 bits per heavy atom. The zero-order valence-electron chi connectivity index (χ0n) is 10.1. The summed E-state index contributed by atoms with van der Waals surface area (Å²) in [4.78, 5) is 0.00912. The van der Waals surface area contributed by atoms with Crippen LogP contribution in [0, 0.1) is 0 Å². The number of benzene rings is 1. The van der Waals surface area contributed by atoms with E-state index in [2.05, 4.69) is 4.72 Å². The maximum Gasteiger partial charge on any atom is 0.240 e. The van der Waals surface area contributed by atoms with Crippen molar-refractivity contribution in [2.75, 3.05) is 12.3 Å². The van der Waals surface area contributed by atoms with Crippen molar-refractivity contribution >= 4 is 15.7 Å². The minimum absolute atomic E-state index is 0.00912. The largest absolute Gasteiger partial charge is 0.506 e. The van der Waals surface area contributed by atoms with Gasteiger partial charge in [0.05, 0.1) is 16.7 Å². The van der Waals surface area contributed by atoms with Gasteiger partial charge in [-0.1, -0.05) is 0 Å². The lowest BCUT2D eigenvalue weighted by Gasteiger charge is -2.08. The summed E-state index contributed by atoms with van der Waals surface area (Å²) in [5.41, 5.74) is 5.45. The van der Waals surface area contributed by atoms with Gasteiger partial charge in [0.2, 0.25) is 10.0 Å². The standard InChI is InChI=1S/C11H18N2O4S/c1-8(14)3-2-6-13-18(16,17)9-4-5-11(15)10(12)7-9/h4-5,7-8,13-15H,2-3,6,12H2,1H3. The molecule has 7 heteroatoms. The minimum Gasteiger partial charge on any atom is -0.506 e. The summed E-state index contributed by atoms with van der Waals surface area (Å²) >= 11 is 0. The SMILES string of the molecule is CC(O)CCCNS(=O)(=O)c1ccc(O)c(N)c1. The Kier molecular flexibility index (Phi) is 4.94. The normalized spacial score (nSPS) is 13.4. The molecule has 1 aromatic rings. The molecule has 0 aliphatic rings. The molecule has 0 saturated heterocycles. The Hall–Kier alpha value is -1.31. The molecule has 0 amide bonds. The Labute approximate surface area is 106 Å². The van der Waals surface area contributed by atoms with E-state index >= 15 is 0 Å². The molecule has 6 nitrogen and oxygen atoms in total. The average Bonchev–Trinajstić information content (AvgIpc) is 2.28. The molecule has 0 fully saturated rings. The smallest absolute Gasteiger partial charge is 0.240 e. The van der Waals surface area contributed by atoms with Crippen LogP contribution in [0.2, 0.25) is 0 Å². The highest BCUT2D eigenvalue weighted by molar-refractivity contribution is 7.89. The zero-order valence-corrected chi connectivity index (χ0v) is 10.9. The van der Waals surface area contributed by atoms with E-state index < -0.39 is 16.1 Å². The molecule has 5 N–H and O–H groups in total. The van der Waals surface area contributed by atoms with Gasteiger partial charge in [0.1, 0.15) is 5.75 Å². The lowest BCUT2D eigenvalue weighted by Crippen LogP contribution is -2.25. The van der Waals surface area contributed by atoms with Crippen molar-refractivity contribution in [2.24, 2.45) is 0 Å². The van der Waals surface area contributed by atoms with Gasteiger partial charge in [0.15, 0.2) is 0 Å². The van der Waals surface area contributed by atoms with Crippen molar-refractivity contribution in [1.29, 1.82) is 0 Å². The summed E-state index contributed by atoms with van der Waals surface area (Å²) < 4.78 is 26.1. The first-order chi connectivity index (χ1) is 8.33. The number of rotatable bonds is 6. The third-order valence-corrected chi connectivity index (χ3v) is 3.86. The van der Waals surface area contributed by atoms with Gasteiger partial charge in [-0.15, -0.1) is 0 Å². The summed E-state index contributed by atoms with van der Waals surface area (Å²) in [5.74, 6) is -0.150. The van der Waals surface area contributed by atoms with Crippen LogP contribution in [0.4, 0.5) is 5.69 Å². The number of hydrogen-bond acceptors (Lipinski definition) is 5. The van der Waals surface area contributed by atoms with Crippen LogP contribution in [0.15, 0.2) is 23.1 Å². The monoisotopic (exact) mass is 274 g/mol. The van der Waals surface area contributed by atoms with Crippen LogP contribution in [0.3, 0.4) is 0 Å². The van der Waals surface area contributed by atoms with E-state index in [1.807, 2.05) is 0 Å². The first-order valence-electron chi connectivity index (χ1n) is 5.59. The molecule has 18 heavy (non-hydrogen) atoms. The number of sulfonamides is 1. The van der Waals surface area contributed by atoms with E-state index in [-0.39, 0.29) is 22.9 Å². The summed E-state index contributed by atoms with van der Waals surface area (Å²) in [6.45, 7) is 1.89. The van der Waals surface area contributed by atoms with E-state index in [1.165, 1.54) is 18.2 Å². The van der Waals surface area contributed by atoms with Crippen LogP contribution < -0.4 is 10.5 Å². The van der Waals surface area contributed by atoms with Crippen LogP contribution in [0.25, 0.3) is 0 Å². The second-order valence-electron chi connectivity index (χ2n) is 4.11. The second-order valence-corrected chi connectivity index (χ2v) is 5.88. The van der Waals surface area contributed by atoms with Gasteiger partial charge in [0, 0.05) is 6.54 Å². The van der Waals surface area contributed by atoms with Crippen LogP contribution in [0.5, 0.6) is 5.75 Å². The molecule has 1 rings (SSSR count). The van der Waals surface area contributed by atoms with Gasteiger partial charge in [-0.25, -0.2) is 13.1 Å². The molecule has 1 atom stereocenters. The predicted molar refractivity (Wildman–Crippen MR) is 68.6 cm³/mol. The molecule has 0 spiro atoms. The van der Waals surface area contributed by atoms with Crippen LogP contribution in [-0.2, 0) is 10.0 Å². The maximum atomic E-state index is 11.8. The summed E-state index contributed by atoms with van der Waals surface area (Å²) in [5, 5.41) is 18.3. The van der Waals surface area contributed by atoms with Gasteiger partial charge < -0.3 is 15.9 Å². The van der Waals surface area contributed by atoms with Gasteiger partial charge in [-0.05, 0) is 38.0 Å². The number of aromatic hydroxyl groups is 1. The minimum atomic E-state index is -3.62. The number of aliphatic hydroxyl groups excluding tert-OH is 1. The number of hydrogen-bond donors (Lipinski definition) is 4. The molecule has 0 aliphatic carbocycles. The second kappa shape index (κ2) is 6.03. The van der Waals surface area contributed by atoms with E-state index in [9.17, 15) is 13.5 Å². The maximum absolute atomic E-state index is 11.8. The van der Waals surface area contributed by atoms with Crippen LogP contribution >= 0.6 is 0 Å². The first-order valence-corrected chi connectivity index (χ1v) is 7.07. The first kappa shape index (κ1) is 14.7. The number of phenols is 1. The predicted octanol–water partition coefficient (Wildman–Crippen LogP) is 0.414. The quantitative estimate of drug-likeness (QED) is 0.341. The summed E-state index contributed by atoms with van der Waals surface area (Å²) in [6.07, 6.45) is 0.629. The number of nitrogens with one attached hydrogen (secondary N) is 1. The van der Waals surface area contributed by atoms with Gasteiger partial charge in [-0.2, -0.15) is 0 Å². The van der Waals surface area contributed by atoms with Crippen molar-refractivity contribution < 1.29 is 18.6 Å². The van der Waals surface area contributed by atoms with E-state index in [0.29, 0.717) is 12.8 Å². The molecule has 0 saturated carbocycles. The highest BCUT2D eigenvalue weighted by Crippen LogP contribution is 2.22. The Balaban J connectivity index is 2.66. The van der Waals surface area contributed by atoms with Crippen LogP contribution in [-0.4, -0.2) is 31.3 Å². The van der Waals surface area contributed by atoms with Crippen LogP contribution in [0.1, 0.15) is 19.8 Å². The van der Waals surface area contributed by atoms with Crippen molar-refractivity contribution in [3.05, 3.63) is 18.2 Å². The third-order valence-electron chi connectivity index (χ3n) is 2.40. The van der Waals surface area contributed by atoms with E-state index in [1.54, 1.807) is 6.92 Å². The third kappa shape index (κ3) is 4.17. The number of nitrogens with two attached hydrogens (primary N) is 1. The molecule has 0 heterocycles. The highest BCUT2D eigenvalue weighted by atomic mass is 32.2. The Morgan fingerprint density at radius 3 is 2.67 bits per heavy atom. The molecule has 1 aromatic carbocycles. The molecular formula is C11H18N2O4S. The van der Waals surface area contributed by atoms with Crippen molar-refractivity contribution in [3.8, 4) is 5.75 Å². The average molecular weight is 274 g/mol. The number of anilines is 1. The van der Waals surface area contributed by atoms with Gasteiger partial charge in [-0.3, -0.25) is 0 Å². The summed E-state index contributed by atoms with van der Waals surface area (Å²) in [7, 11) is -3.62. The fourth-order valence-corrected chi connectivity index (χ4v) is 2.50. The number of aliphatic hydroxyl groups is 1. The van der Waals surface area contributed by atoms with Crippen molar-refractivity contribution in [1.82, 2.24) is 4.72 Å².